The number of ether oxygens (including phenoxy) is 2. The molecule has 2 unspecified atom stereocenters. The highest BCUT2D eigenvalue weighted by Crippen LogP contribution is 2.65. The van der Waals surface area contributed by atoms with Gasteiger partial charge in [-0.3, -0.25) is 4.79 Å². The summed E-state index contributed by atoms with van der Waals surface area (Å²) in [5.41, 5.74) is -0.0124. The minimum Gasteiger partial charge on any atom is -0.493 e. The molecule has 6 rings (SSSR count). The molecule has 0 aromatic heterocycles. The topological polar surface area (TPSA) is 81.7 Å². The lowest BCUT2D eigenvalue weighted by atomic mass is 9.48. The molecule has 0 aliphatic heterocycles. The molecule has 0 heterocycles. The molecule has 2 atom stereocenters. The Morgan fingerprint density at radius 3 is 2.44 bits per heavy atom. The zero-order chi connectivity index (χ0) is 24.3. The van der Waals surface area contributed by atoms with Gasteiger partial charge in [0.15, 0.2) is 0 Å². The third kappa shape index (κ3) is 4.43. The van der Waals surface area contributed by atoms with Crippen molar-refractivity contribution in [3.63, 3.8) is 0 Å². The van der Waals surface area contributed by atoms with Crippen molar-refractivity contribution in [1.82, 2.24) is 4.72 Å². The van der Waals surface area contributed by atoms with Crippen LogP contribution in [0, 0.1) is 29.0 Å². The van der Waals surface area contributed by atoms with Crippen LogP contribution in [0.25, 0.3) is 0 Å². The zero-order valence-corrected chi connectivity index (χ0v) is 19.9. The van der Waals surface area contributed by atoms with E-state index in [1.165, 1.54) is 13.2 Å². The molecule has 0 radical (unpaired) electrons. The van der Waals surface area contributed by atoms with Crippen LogP contribution in [0.4, 0.5) is 13.2 Å². The summed E-state index contributed by atoms with van der Waals surface area (Å²) in [7, 11) is -2.63. The van der Waals surface area contributed by atoms with Crippen LogP contribution in [0.5, 0.6) is 5.75 Å². The predicted molar refractivity (Wildman–Crippen MR) is 118 cm³/mol. The second-order valence-electron chi connectivity index (χ2n) is 10.7. The van der Waals surface area contributed by atoms with Gasteiger partial charge in [-0.25, -0.2) is 26.3 Å². The quantitative estimate of drug-likeness (QED) is 0.547. The van der Waals surface area contributed by atoms with Crippen LogP contribution >= 0.6 is 0 Å². The van der Waals surface area contributed by atoms with E-state index in [1.807, 2.05) is 4.72 Å². The molecule has 6 nitrogen and oxygen atoms in total. The number of hydrogen-bond acceptors (Lipinski definition) is 5. The van der Waals surface area contributed by atoms with Crippen LogP contribution in [0.2, 0.25) is 0 Å². The van der Waals surface area contributed by atoms with Gasteiger partial charge in [0.25, 0.3) is 11.8 Å². The summed E-state index contributed by atoms with van der Waals surface area (Å²) in [6, 6.07) is 2.51. The second kappa shape index (κ2) is 8.40. The number of halogens is 3. The zero-order valence-electron chi connectivity index (χ0n) is 19.1. The predicted octanol–water partition coefficient (Wildman–Crippen LogP) is 4.25. The van der Waals surface area contributed by atoms with Crippen molar-refractivity contribution < 1.29 is 35.9 Å². The standard InChI is InChI=1S/C24H30F3NO5S/c1-32-4-5-34(30,31)28-22(29)19-8-18(15-2-3-15)21(9-20(19)25)33-13-23-10-14-6-16(11-23)24(26,27)17(7-14)12-23/h8-9,14-17H,2-7,10-13H2,1H3,(H,28,29). The molecule has 5 aliphatic rings. The van der Waals surface area contributed by atoms with Gasteiger partial charge in [0.1, 0.15) is 11.6 Å². The fourth-order valence-corrected chi connectivity index (χ4v) is 7.37. The van der Waals surface area contributed by atoms with Gasteiger partial charge in [-0.2, -0.15) is 0 Å². The molecule has 0 saturated heterocycles. The summed E-state index contributed by atoms with van der Waals surface area (Å²) < 4.78 is 80.9. The van der Waals surface area contributed by atoms with Crippen molar-refractivity contribution in [3.05, 3.63) is 29.1 Å². The molecule has 0 spiro atoms. The Kier molecular flexibility index (Phi) is 5.90. The third-order valence-corrected chi connectivity index (χ3v) is 9.30. The molecule has 34 heavy (non-hydrogen) atoms. The van der Waals surface area contributed by atoms with Crippen LogP contribution in [-0.2, 0) is 14.8 Å². The van der Waals surface area contributed by atoms with Crippen molar-refractivity contribution in [1.29, 1.82) is 0 Å². The Hall–Kier alpha value is -1.81. The number of carbonyl (C=O) groups excluding carboxylic acids is 1. The summed E-state index contributed by atoms with van der Waals surface area (Å²) in [5, 5.41) is 0. The van der Waals surface area contributed by atoms with Gasteiger partial charge in [-0.1, -0.05) is 0 Å². The van der Waals surface area contributed by atoms with E-state index >= 15 is 0 Å². The lowest BCUT2D eigenvalue weighted by molar-refractivity contribution is -0.230. The number of amides is 1. The fraction of sp³-hybridized carbons (Fsp3) is 0.708. The van der Waals surface area contributed by atoms with Crippen LogP contribution in [0.15, 0.2) is 12.1 Å². The Bertz CT molecular complexity index is 1070. The van der Waals surface area contributed by atoms with Crippen molar-refractivity contribution in [2.24, 2.45) is 23.2 Å². The number of hydrogen-bond donors (Lipinski definition) is 1. The van der Waals surface area contributed by atoms with Crippen LogP contribution in [-0.4, -0.2) is 46.3 Å². The first-order valence-corrected chi connectivity index (χ1v) is 13.5. The minimum absolute atomic E-state index is 0.0958. The molecule has 1 aromatic rings. The maximum atomic E-state index is 14.9. The maximum absolute atomic E-state index is 14.9. The van der Waals surface area contributed by atoms with Gasteiger partial charge in [-0.15, -0.1) is 0 Å². The van der Waals surface area contributed by atoms with E-state index in [9.17, 15) is 26.4 Å². The molecule has 5 saturated carbocycles. The number of benzene rings is 1. The highest BCUT2D eigenvalue weighted by Gasteiger charge is 2.64. The van der Waals surface area contributed by atoms with Gasteiger partial charge in [-0.05, 0) is 68.4 Å². The van der Waals surface area contributed by atoms with Crippen molar-refractivity contribution in [2.45, 2.75) is 56.8 Å². The first-order valence-electron chi connectivity index (χ1n) is 11.9. The Labute approximate surface area is 197 Å². The number of nitrogens with one attached hydrogen (secondary N) is 1. The van der Waals surface area contributed by atoms with Crippen LogP contribution in [0.1, 0.15) is 66.8 Å². The molecule has 1 aromatic carbocycles. The minimum atomic E-state index is -3.96. The first-order chi connectivity index (χ1) is 16.0. The molecular weight excluding hydrogens is 471 g/mol. The Morgan fingerprint density at radius 1 is 1.15 bits per heavy atom. The monoisotopic (exact) mass is 501 g/mol. The summed E-state index contributed by atoms with van der Waals surface area (Å²) >= 11 is 0. The molecular formula is C24H30F3NO5S. The molecule has 1 N–H and O–H groups in total. The highest BCUT2D eigenvalue weighted by molar-refractivity contribution is 7.90. The summed E-state index contributed by atoms with van der Waals surface area (Å²) in [4.78, 5) is 12.5. The normalized spacial score (nSPS) is 31.5. The Morgan fingerprint density at radius 2 is 1.82 bits per heavy atom. The molecule has 1 amide bonds. The molecule has 5 aliphatic carbocycles. The van der Waals surface area contributed by atoms with Gasteiger partial charge < -0.3 is 9.47 Å². The van der Waals surface area contributed by atoms with E-state index in [2.05, 4.69) is 0 Å². The van der Waals surface area contributed by atoms with E-state index in [0.717, 1.165) is 25.3 Å². The first kappa shape index (κ1) is 23.9. The molecule has 4 bridgehead atoms. The van der Waals surface area contributed by atoms with Gasteiger partial charge in [0.2, 0.25) is 10.0 Å². The van der Waals surface area contributed by atoms with Gasteiger partial charge in [0, 0.05) is 30.4 Å². The second-order valence-corrected chi connectivity index (χ2v) is 12.5. The van der Waals surface area contributed by atoms with E-state index in [-0.39, 0.29) is 30.1 Å². The number of methoxy groups -OCH3 is 1. The Balaban J connectivity index is 1.33. The largest absolute Gasteiger partial charge is 0.493 e. The number of carbonyl (C=O) groups is 1. The molecule has 5 fully saturated rings. The average molecular weight is 502 g/mol. The maximum Gasteiger partial charge on any atom is 0.267 e. The fourth-order valence-electron chi connectivity index (χ4n) is 6.49. The summed E-state index contributed by atoms with van der Waals surface area (Å²) in [6.45, 7) is 0.157. The average Bonchev–Trinajstić information content (AvgIpc) is 3.59. The number of alkyl halides is 2. The lowest BCUT2D eigenvalue weighted by Crippen LogP contribution is -2.58. The van der Waals surface area contributed by atoms with E-state index in [0.29, 0.717) is 42.9 Å². The van der Waals surface area contributed by atoms with Crippen LogP contribution < -0.4 is 9.46 Å². The van der Waals surface area contributed by atoms with Crippen molar-refractivity contribution in [3.8, 4) is 5.75 Å². The molecule has 188 valence electrons. The van der Waals surface area contributed by atoms with E-state index in [4.69, 9.17) is 9.47 Å². The number of sulfonamides is 1. The van der Waals surface area contributed by atoms with Gasteiger partial charge >= 0.3 is 0 Å². The summed E-state index contributed by atoms with van der Waals surface area (Å²) in [5.74, 6) is -5.43. The SMILES string of the molecule is COCCS(=O)(=O)NC(=O)c1cc(C2CC2)c(OCC23CC4CC(C2)C(F)(F)C(C4)C3)cc1F. The van der Waals surface area contributed by atoms with Crippen LogP contribution in [0.3, 0.4) is 0 Å². The lowest BCUT2D eigenvalue weighted by Gasteiger charge is -2.59. The van der Waals surface area contributed by atoms with E-state index in [1.54, 1.807) is 0 Å². The van der Waals surface area contributed by atoms with Gasteiger partial charge in [0.05, 0.1) is 24.5 Å². The third-order valence-electron chi connectivity index (χ3n) is 8.10. The highest BCUT2D eigenvalue weighted by atomic mass is 32.2. The van der Waals surface area contributed by atoms with Crippen molar-refractivity contribution >= 4 is 15.9 Å². The van der Waals surface area contributed by atoms with Crippen molar-refractivity contribution in [2.75, 3.05) is 26.1 Å². The summed E-state index contributed by atoms with van der Waals surface area (Å²) in [6.07, 6.45) is 4.57. The molecule has 10 heteroatoms. The van der Waals surface area contributed by atoms with E-state index < -0.39 is 45.3 Å². The number of rotatable bonds is 9. The smallest absolute Gasteiger partial charge is 0.267 e.